The highest BCUT2D eigenvalue weighted by atomic mass is 127. The lowest BCUT2D eigenvalue weighted by molar-refractivity contribution is 1.19. The number of halogens is 1. The van der Waals surface area contributed by atoms with Gasteiger partial charge in [-0.25, -0.2) is 4.98 Å². The van der Waals surface area contributed by atoms with Gasteiger partial charge in [0.05, 0.1) is 0 Å². The molecule has 2 nitrogen and oxygen atoms in total. The minimum Gasteiger partial charge on any atom is -0.285 e. The minimum atomic E-state index is 1.05. The third kappa shape index (κ3) is 1.78. The fourth-order valence-corrected chi connectivity index (χ4v) is 3.98. The molecule has 0 saturated carbocycles. The van der Waals surface area contributed by atoms with Crippen LogP contribution in [0, 0.1) is 3.70 Å². The van der Waals surface area contributed by atoms with E-state index in [1.165, 1.54) is 20.0 Å². The van der Waals surface area contributed by atoms with Crippen LogP contribution in [0.2, 0.25) is 0 Å². The van der Waals surface area contributed by atoms with E-state index < -0.39 is 0 Å². The smallest absolute Gasteiger partial charge is 0.195 e. The highest BCUT2D eigenvalue weighted by molar-refractivity contribution is 14.1. The molecule has 4 rings (SSSR count). The highest BCUT2D eigenvalue weighted by Crippen LogP contribution is 2.29. The van der Waals surface area contributed by atoms with E-state index in [1.54, 1.807) is 11.3 Å². The van der Waals surface area contributed by atoms with Crippen LogP contribution in [0.15, 0.2) is 54.0 Å². The molecular formula is C15H9IN2S. The fourth-order valence-electron chi connectivity index (χ4n) is 2.28. The van der Waals surface area contributed by atoms with E-state index in [0.717, 1.165) is 10.7 Å². The van der Waals surface area contributed by atoms with Crippen molar-refractivity contribution in [3.63, 3.8) is 0 Å². The number of rotatable bonds is 1. The van der Waals surface area contributed by atoms with Gasteiger partial charge < -0.3 is 0 Å². The first-order chi connectivity index (χ1) is 9.33. The molecule has 0 radical (unpaired) electrons. The minimum absolute atomic E-state index is 1.05. The number of hydrogen-bond acceptors (Lipinski definition) is 2. The number of benzene rings is 2. The van der Waals surface area contributed by atoms with E-state index in [2.05, 4.69) is 81.0 Å². The number of nitrogens with zero attached hydrogens (tertiary/aromatic N) is 2. The average Bonchev–Trinajstić information content (AvgIpc) is 3.02. The van der Waals surface area contributed by atoms with E-state index in [1.807, 2.05) is 0 Å². The summed E-state index contributed by atoms with van der Waals surface area (Å²) >= 11 is 4.03. The Balaban J connectivity index is 1.98. The molecule has 2 heterocycles. The molecule has 4 heteroatoms. The van der Waals surface area contributed by atoms with Gasteiger partial charge in [0.1, 0.15) is 9.39 Å². The predicted molar refractivity (Wildman–Crippen MR) is 88.7 cm³/mol. The molecule has 4 aromatic rings. The zero-order valence-electron chi connectivity index (χ0n) is 9.88. The lowest BCUT2D eigenvalue weighted by Gasteiger charge is -2.01. The SMILES string of the molecule is Ic1c(-c2ccc3ccccc3c2)nc2sccn12. The van der Waals surface area contributed by atoms with Crippen molar-refractivity contribution in [1.29, 1.82) is 0 Å². The van der Waals surface area contributed by atoms with Gasteiger partial charge in [0.25, 0.3) is 0 Å². The molecule has 2 aromatic carbocycles. The molecule has 0 aliphatic heterocycles. The Morgan fingerprint density at radius 1 is 1.05 bits per heavy atom. The molecule has 2 aromatic heterocycles. The number of aromatic nitrogens is 2. The van der Waals surface area contributed by atoms with Crippen LogP contribution in [0.4, 0.5) is 0 Å². The number of thiazole rings is 1. The summed E-state index contributed by atoms with van der Waals surface area (Å²) in [6.07, 6.45) is 2.07. The van der Waals surface area contributed by atoms with Gasteiger partial charge in [0.2, 0.25) is 0 Å². The van der Waals surface area contributed by atoms with Crippen LogP contribution in [0.25, 0.3) is 27.0 Å². The molecule has 0 aliphatic carbocycles. The van der Waals surface area contributed by atoms with Crippen molar-refractivity contribution in [3.8, 4) is 11.3 Å². The van der Waals surface area contributed by atoms with E-state index in [4.69, 9.17) is 4.98 Å². The molecule has 0 spiro atoms. The molecule has 0 N–H and O–H groups in total. The standard InChI is InChI=1S/C15H9IN2S/c16-14-13(17-15-18(14)7-8-19-15)12-6-5-10-3-1-2-4-11(10)9-12/h1-9H. The van der Waals surface area contributed by atoms with Crippen molar-refractivity contribution >= 4 is 49.7 Å². The molecule has 0 unspecified atom stereocenters. The zero-order valence-corrected chi connectivity index (χ0v) is 12.9. The normalized spacial score (nSPS) is 11.4. The van der Waals surface area contributed by atoms with Crippen LogP contribution >= 0.6 is 33.9 Å². The van der Waals surface area contributed by atoms with Crippen LogP contribution in [0.1, 0.15) is 0 Å². The second-order valence-electron chi connectivity index (χ2n) is 4.37. The first-order valence-electron chi connectivity index (χ1n) is 5.93. The molecule has 19 heavy (non-hydrogen) atoms. The number of imidazole rings is 1. The van der Waals surface area contributed by atoms with Crippen LogP contribution in [0.3, 0.4) is 0 Å². The number of fused-ring (bicyclic) bond motifs is 2. The van der Waals surface area contributed by atoms with Gasteiger partial charge in [-0.15, -0.1) is 11.3 Å². The van der Waals surface area contributed by atoms with Crippen molar-refractivity contribution in [3.05, 3.63) is 57.7 Å². The van der Waals surface area contributed by atoms with E-state index in [9.17, 15) is 0 Å². The lowest BCUT2D eigenvalue weighted by Crippen LogP contribution is -1.84. The average molecular weight is 376 g/mol. The van der Waals surface area contributed by atoms with Crippen LogP contribution in [-0.4, -0.2) is 9.38 Å². The Bertz CT molecular complexity index is 891. The lowest BCUT2D eigenvalue weighted by atomic mass is 10.1. The Morgan fingerprint density at radius 3 is 2.74 bits per heavy atom. The summed E-state index contributed by atoms with van der Waals surface area (Å²) in [4.78, 5) is 5.77. The van der Waals surface area contributed by atoms with Crippen molar-refractivity contribution < 1.29 is 0 Å². The van der Waals surface area contributed by atoms with Crippen molar-refractivity contribution in [2.24, 2.45) is 0 Å². The third-order valence-corrected chi connectivity index (χ3v) is 5.01. The molecular weight excluding hydrogens is 367 g/mol. The van der Waals surface area contributed by atoms with Gasteiger partial charge in [0, 0.05) is 17.1 Å². The number of hydrogen-bond donors (Lipinski definition) is 0. The summed E-state index contributed by atoms with van der Waals surface area (Å²) in [6, 6.07) is 14.9. The summed E-state index contributed by atoms with van der Waals surface area (Å²) in [5.41, 5.74) is 2.25. The van der Waals surface area contributed by atoms with Gasteiger partial charge in [-0.3, -0.25) is 4.40 Å². The topological polar surface area (TPSA) is 17.3 Å². The van der Waals surface area contributed by atoms with Crippen LogP contribution in [-0.2, 0) is 0 Å². The van der Waals surface area contributed by atoms with Gasteiger partial charge in [-0.2, -0.15) is 0 Å². The first-order valence-corrected chi connectivity index (χ1v) is 7.89. The van der Waals surface area contributed by atoms with Crippen molar-refractivity contribution in [1.82, 2.24) is 9.38 Å². The Labute approximate surface area is 127 Å². The van der Waals surface area contributed by atoms with Crippen LogP contribution in [0.5, 0.6) is 0 Å². The second kappa shape index (κ2) is 4.31. The Kier molecular flexibility index (Phi) is 2.60. The maximum absolute atomic E-state index is 4.72. The van der Waals surface area contributed by atoms with Gasteiger partial charge in [-0.1, -0.05) is 36.4 Å². The Hall–Kier alpha value is -1.40. The molecule has 0 bridgehead atoms. The van der Waals surface area contributed by atoms with E-state index >= 15 is 0 Å². The third-order valence-electron chi connectivity index (χ3n) is 3.23. The molecule has 0 fully saturated rings. The van der Waals surface area contributed by atoms with Crippen molar-refractivity contribution in [2.45, 2.75) is 0 Å². The zero-order chi connectivity index (χ0) is 12.8. The predicted octanol–water partition coefficient (Wildman–Crippen LogP) is 4.82. The van der Waals surface area contributed by atoms with E-state index in [-0.39, 0.29) is 0 Å². The largest absolute Gasteiger partial charge is 0.285 e. The quantitative estimate of drug-likeness (QED) is 0.436. The second-order valence-corrected chi connectivity index (χ2v) is 6.26. The maximum atomic E-state index is 4.72. The highest BCUT2D eigenvalue weighted by Gasteiger charge is 2.12. The van der Waals surface area contributed by atoms with E-state index in [0.29, 0.717) is 0 Å². The first kappa shape index (κ1) is 11.4. The molecule has 0 atom stereocenters. The summed E-state index contributed by atoms with van der Waals surface area (Å²) in [5.74, 6) is 0. The summed E-state index contributed by atoms with van der Waals surface area (Å²) in [5, 5.41) is 4.59. The fraction of sp³-hybridized carbons (Fsp3) is 0. The van der Waals surface area contributed by atoms with Gasteiger partial charge >= 0.3 is 0 Å². The molecule has 0 amide bonds. The molecule has 0 saturated heterocycles. The summed E-state index contributed by atoms with van der Waals surface area (Å²) < 4.78 is 3.31. The Morgan fingerprint density at radius 2 is 1.89 bits per heavy atom. The van der Waals surface area contributed by atoms with Crippen LogP contribution < -0.4 is 0 Å². The monoisotopic (exact) mass is 376 g/mol. The van der Waals surface area contributed by atoms with Gasteiger partial charge in [-0.05, 0) is 39.4 Å². The molecule has 0 aliphatic rings. The van der Waals surface area contributed by atoms with Gasteiger partial charge in [0.15, 0.2) is 4.96 Å². The summed E-state index contributed by atoms with van der Waals surface area (Å²) in [6.45, 7) is 0. The molecule has 92 valence electrons. The van der Waals surface area contributed by atoms with Crippen molar-refractivity contribution in [2.75, 3.05) is 0 Å². The summed E-state index contributed by atoms with van der Waals surface area (Å²) in [7, 11) is 0. The maximum Gasteiger partial charge on any atom is 0.195 e.